The molecule has 0 bridgehead atoms. The van der Waals surface area contributed by atoms with Gasteiger partial charge in [0.25, 0.3) is 0 Å². The molecule has 1 N–H and O–H groups in total. The zero-order chi connectivity index (χ0) is 17.9. The molecule has 4 rings (SSSR count). The maximum Gasteiger partial charge on any atom is 0.226 e. The maximum absolute atomic E-state index is 12.2. The lowest BCUT2D eigenvalue weighted by Gasteiger charge is -2.22. The molecule has 0 atom stereocenters. The molecule has 0 spiro atoms. The first-order chi connectivity index (χ1) is 12.7. The minimum Gasteiger partial charge on any atom is -0.360 e. The summed E-state index contributed by atoms with van der Waals surface area (Å²) in [7, 11) is 0. The van der Waals surface area contributed by atoms with E-state index >= 15 is 0 Å². The number of nitrogens with one attached hydrogen (secondary N) is 1. The second-order valence-electron chi connectivity index (χ2n) is 6.96. The van der Waals surface area contributed by atoms with Crippen LogP contribution in [0.4, 0.5) is 5.82 Å². The Morgan fingerprint density at radius 1 is 1.23 bits per heavy atom. The highest BCUT2D eigenvalue weighted by molar-refractivity contribution is 5.89. The van der Waals surface area contributed by atoms with E-state index < -0.39 is 0 Å². The molecule has 1 amide bonds. The number of benzene rings is 2. The Kier molecular flexibility index (Phi) is 4.71. The van der Waals surface area contributed by atoms with Gasteiger partial charge in [0.1, 0.15) is 5.76 Å². The zero-order valence-corrected chi connectivity index (χ0v) is 14.9. The Balaban J connectivity index is 1.41. The fraction of sp³-hybridized carbons (Fsp3) is 0.333. The standard InChI is InChI=1S/C21H23N3O2/c1-15-13-20(23-26-15)22-21(25)11-12-24(18-9-10-18)14-17-7-4-6-16-5-2-3-8-19(16)17/h2-8,13,18H,9-12,14H2,1H3,(H,22,23,25). The van der Waals surface area contributed by atoms with Gasteiger partial charge in [0, 0.05) is 31.6 Å². The number of anilines is 1. The largest absolute Gasteiger partial charge is 0.360 e. The van der Waals surface area contributed by atoms with Crippen LogP contribution >= 0.6 is 0 Å². The lowest BCUT2D eigenvalue weighted by molar-refractivity contribution is -0.116. The van der Waals surface area contributed by atoms with Crippen molar-refractivity contribution >= 4 is 22.5 Å². The summed E-state index contributed by atoms with van der Waals surface area (Å²) in [6.45, 7) is 3.43. The fourth-order valence-corrected chi connectivity index (χ4v) is 3.36. The van der Waals surface area contributed by atoms with Crippen molar-refractivity contribution in [1.82, 2.24) is 10.1 Å². The smallest absolute Gasteiger partial charge is 0.226 e. The van der Waals surface area contributed by atoms with E-state index in [1.54, 1.807) is 6.07 Å². The molecule has 2 aromatic carbocycles. The third kappa shape index (κ3) is 3.94. The Morgan fingerprint density at radius 3 is 2.81 bits per heavy atom. The van der Waals surface area contributed by atoms with Crippen LogP contribution < -0.4 is 5.32 Å². The van der Waals surface area contributed by atoms with E-state index in [9.17, 15) is 4.79 Å². The Labute approximate surface area is 153 Å². The third-order valence-electron chi connectivity index (χ3n) is 4.84. The molecule has 0 saturated heterocycles. The summed E-state index contributed by atoms with van der Waals surface area (Å²) in [6.07, 6.45) is 2.89. The van der Waals surface area contributed by atoms with Crippen LogP contribution in [0.2, 0.25) is 0 Å². The van der Waals surface area contributed by atoms with Gasteiger partial charge in [-0.25, -0.2) is 0 Å². The third-order valence-corrected chi connectivity index (χ3v) is 4.84. The van der Waals surface area contributed by atoms with E-state index in [1.165, 1.54) is 29.2 Å². The van der Waals surface area contributed by atoms with Gasteiger partial charge in [0.15, 0.2) is 5.82 Å². The molecule has 0 radical (unpaired) electrons. The normalized spacial score (nSPS) is 14.1. The fourth-order valence-electron chi connectivity index (χ4n) is 3.36. The summed E-state index contributed by atoms with van der Waals surface area (Å²) in [5, 5.41) is 9.17. The van der Waals surface area contributed by atoms with Gasteiger partial charge in [0.05, 0.1) is 0 Å². The van der Waals surface area contributed by atoms with Gasteiger partial charge < -0.3 is 9.84 Å². The number of nitrogens with zero attached hydrogens (tertiary/aromatic N) is 2. The van der Waals surface area contributed by atoms with Crippen molar-refractivity contribution in [3.63, 3.8) is 0 Å². The SMILES string of the molecule is Cc1cc(NC(=O)CCN(Cc2cccc3ccccc23)C2CC2)no1. The average molecular weight is 349 g/mol. The Hall–Kier alpha value is -2.66. The van der Waals surface area contributed by atoms with E-state index in [1.807, 2.05) is 6.92 Å². The van der Waals surface area contributed by atoms with Gasteiger partial charge in [0.2, 0.25) is 5.91 Å². The van der Waals surface area contributed by atoms with Crippen molar-refractivity contribution in [2.24, 2.45) is 0 Å². The van der Waals surface area contributed by atoms with Crippen LogP contribution in [0.15, 0.2) is 53.1 Å². The van der Waals surface area contributed by atoms with Crippen molar-refractivity contribution in [1.29, 1.82) is 0 Å². The summed E-state index contributed by atoms with van der Waals surface area (Å²) in [5.41, 5.74) is 1.32. The molecule has 1 aliphatic carbocycles. The molecule has 26 heavy (non-hydrogen) atoms. The molecule has 1 aliphatic rings. The number of hydrogen-bond acceptors (Lipinski definition) is 4. The number of hydrogen-bond donors (Lipinski definition) is 1. The molecule has 5 nitrogen and oxygen atoms in total. The number of carbonyl (C=O) groups excluding carboxylic acids is 1. The highest BCUT2D eigenvalue weighted by Gasteiger charge is 2.29. The number of aryl methyl sites for hydroxylation is 1. The predicted molar refractivity (Wildman–Crippen MR) is 102 cm³/mol. The van der Waals surface area contributed by atoms with Crippen LogP contribution in [0.25, 0.3) is 10.8 Å². The highest BCUT2D eigenvalue weighted by atomic mass is 16.5. The van der Waals surface area contributed by atoms with Gasteiger partial charge in [-0.2, -0.15) is 0 Å². The molecule has 1 heterocycles. The van der Waals surface area contributed by atoms with Crippen LogP contribution in [0, 0.1) is 6.92 Å². The van der Waals surface area contributed by atoms with Gasteiger partial charge in [-0.3, -0.25) is 9.69 Å². The molecule has 1 aromatic heterocycles. The number of amides is 1. The van der Waals surface area contributed by atoms with E-state index in [4.69, 9.17) is 4.52 Å². The van der Waals surface area contributed by atoms with E-state index in [0.29, 0.717) is 24.0 Å². The number of fused-ring (bicyclic) bond motifs is 1. The van der Waals surface area contributed by atoms with Crippen molar-refractivity contribution in [2.75, 3.05) is 11.9 Å². The molecule has 3 aromatic rings. The van der Waals surface area contributed by atoms with Crippen molar-refractivity contribution in [3.8, 4) is 0 Å². The topological polar surface area (TPSA) is 58.4 Å². The summed E-state index contributed by atoms with van der Waals surface area (Å²) in [5.74, 6) is 1.15. The molecular weight excluding hydrogens is 326 g/mol. The minimum atomic E-state index is -0.0260. The number of aromatic nitrogens is 1. The van der Waals surface area contributed by atoms with Gasteiger partial charge in [-0.15, -0.1) is 0 Å². The second-order valence-corrected chi connectivity index (χ2v) is 6.96. The van der Waals surface area contributed by atoms with Crippen LogP contribution in [0.3, 0.4) is 0 Å². The first-order valence-electron chi connectivity index (χ1n) is 9.13. The lowest BCUT2D eigenvalue weighted by Crippen LogP contribution is -2.29. The Morgan fingerprint density at radius 2 is 2.04 bits per heavy atom. The molecule has 1 fully saturated rings. The monoisotopic (exact) mass is 349 g/mol. The Bertz CT molecular complexity index is 909. The zero-order valence-electron chi connectivity index (χ0n) is 14.9. The summed E-state index contributed by atoms with van der Waals surface area (Å²) < 4.78 is 4.98. The molecule has 0 aliphatic heterocycles. The van der Waals surface area contributed by atoms with Crippen molar-refractivity contribution < 1.29 is 9.32 Å². The van der Waals surface area contributed by atoms with E-state index in [0.717, 1.165) is 13.1 Å². The van der Waals surface area contributed by atoms with Gasteiger partial charge in [-0.1, -0.05) is 47.6 Å². The number of carbonyl (C=O) groups is 1. The first-order valence-corrected chi connectivity index (χ1v) is 9.13. The second kappa shape index (κ2) is 7.30. The van der Waals surface area contributed by atoms with E-state index in [-0.39, 0.29) is 5.91 Å². The van der Waals surface area contributed by atoms with Gasteiger partial charge in [-0.05, 0) is 36.1 Å². The summed E-state index contributed by atoms with van der Waals surface area (Å²) in [6, 6.07) is 17.2. The summed E-state index contributed by atoms with van der Waals surface area (Å²) >= 11 is 0. The van der Waals surface area contributed by atoms with Gasteiger partial charge >= 0.3 is 0 Å². The molecular formula is C21H23N3O2. The van der Waals surface area contributed by atoms with Crippen LogP contribution in [-0.4, -0.2) is 28.6 Å². The highest BCUT2D eigenvalue weighted by Crippen LogP contribution is 2.30. The average Bonchev–Trinajstić information content (AvgIpc) is 3.41. The molecule has 134 valence electrons. The first kappa shape index (κ1) is 16.8. The lowest BCUT2D eigenvalue weighted by atomic mass is 10.0. The summed E-state index contributed by atoms with van der Waals surface area (Å²) in [4.78, 5) is 14.6. The molecule has 1 saturated carbocycles. The maximum atomic E-state index is 12.2. The van der Waals surface area contributed by atoms with Crippen molar-refractivity contribution in [3.05, 3.63) is 59.9 Å². The van der Waals surface area contributed by atoms with Crippen LogP contribution in [-0.2, 0) is 11.3 Å². The predicted octanol–water partition coefficient (Wildman–Crippen LogP) is 4.13. The molecule has 0 unspecified atom stereocenters. The van der Waals surface area contributed by atoms with E-state index in [2.05, 4.69) is 57.8 Å². The minimum absolute atomic E-state index is 0.0260. The molecule has 5 heteroatoms. The van der Waals surface area contributed by atoms with Crippen molar-refractivity contribution in [2.45, 2.75) is 38.8 Å². The van der Waals surface area contributed by atoms with Crippen LogP contribution in [0.5, 0.6) is 0 Å². The quantitative estimate of drug-likeness (QED) is 0.697. The number of rotatable bonds is 7. The van der Waals surface area contributed by atoms with Crippen LogP contribution in [0.1, 0.15) is 30.6 Å².